The standard InChI is InChI=1S/C19H22ClNO5S/c1-11(2)25-17-15(20)8-13(9-16(17)24-4)19(23)26-12(3)18(22)21-10-14-6-5-7-27-14/h5-9,11-12H,10H2,1-4H3,(H,21,22)/t12-/m1/s1. The molecule has 6 nitrogen and oxygen atoms in total. The Balaban J connectivity index is 2.03. The summed E-state index contributed by atoms with van der Waals surface area (Å²) in [4.78, 5) is 25.5. The minimum atomic E-state index is -0.950. The number of nitrogens with one attached hydrogen (secondary N) is 1. The number of benzene rings is 1. The summed E-state index contributed by atoms with van der Waals surface area (Å²) in [6.07, 6.45) is -1.06. The molecule has 0 fully saturated rings. The lowest BCUT2D eigenvalue weighted by Crippen LogP contribution is -2.35. The van der Waals surface area contributed by atoms with E-state index in [4.69, 9.17) is 25.8 Å². The highest BCUT2D eigenvalue weighted by molar-refractivity contribution is 7.09. The quantitative estimate of drug-likeness (QED) is 0.663. The second kappa shape index (κ2) is 9.62. The van der Waals surface area contributed by atoms with Gasteiger partial charge in [-0.05, 0) is 44.4 Å². The predicted octanol–water partition coefficient (Wildman–Crippen LogP) is 4.06. The topological polar surface area (TPSA) is 73.9 Å². The first-order valence-corrected chi connectivity index (χ1v) is 9.62. The van der Waals surface area contributed by atoms with Crippen LogP contribution in [0, 0.1) is 0 Å². The van der Waals surface area contributed by atoms with Gasteiger partial charge in [-0.25, -0.2) is 4.79 Å². The Kier molecular flexibility index (Phi) is 7.50. The van der Waals surface area contributed by atoms with Crippen LogP contribution >= 0.6 is 22.9 Å². The third-order valence-corrected chi connectivity index (χ3v) is 4.65. The van der Waals surface area contributed by atoms with Gasteiger partial charge in [0.05, 0.1) is 30.3 Å². The Morgan fingerprint density at radius 1 is 1.26 bits per heavy atom. The van der Waals surface area contributed by atoms with E-state index in [9.17, 15) is 9.59 Å². The average Bonchev–Trinajstić information content (AvgIpc) is 3.14. The lowest BCUT2D eigenvalue weighted by Gasteiger charge is -2.17. The summed E-state index contributed by atoms with van der Waals surface area (Å²) >= 11 is 7.75. The number of rotatable bonds is 8. The molecule has 8 heteroatoms. The molecule has 2 aromatic rings. The number of carbonyl (C=O) groups is 2. The molecule has 1 atom stereocenters. The number of methoxy groups -OCH3 is 1. The maximum atomic E-state index is 12.4. The zero-order valence-corrected chi connectivity index (χ0v) is 17.1. The van der Waals surface area contributed by atoms with E-state index in [-0.39, 0.29) is 22.6 Å². The molecular formula is C19H22ClNO5S. The molecule has 1 N–H and O–H groups in total. The monoisotopic (exact) mass is 411 g/mol. The molecule has 0 spiro atoms. The van der Waals surface area contributed by atoms with Gasteiger partial charge in [0.1, 0.15) is 0 Å². The number of esters is 1. The van der Waals surface area contributed by atoms with Gasteiger partial charge in [-0.3, -0.25) is 4.79 Å². The zero-order valence-electron chi connectivity index (χ0n) is 15.6. The summed E-state index contributed by atoms with van der Waals surface area (Å²) in [6, 6.07) is 6.72. The number of thiophene rings is 1. The fraction of sp³-hybridized carbons (Fsp3) is 0.368. The van der Waals surface area contributed by atoms with Gasteiger partial charge in [0.25, 0.3) is 5.91 Å². The van der Waals surface area contributed by atoms with Crippen LogP contribution in [0.4, 0.5) is 0 Å². The number of ether oxygens (including phenoxy) is 3. The van der Waals surface area contributed by atoms with Crippen LogP contribution in [0.15, 0.2) is 29.6 Å². The summed E-state index contributed by atoms with van der Waals surface area (Å²) in [7, 11) is 1.45. The molecule has 0 saturated heterocycles. The second-order valence-electron chi connectivity index (χ2n) is 6.00. The summed E-state index contributed by atoms with van der Waals surface area (Å²) in [5.74, 6) is -0.384. The Hall–Kier alpha value is -2.25. The van der Waals surface area contributed by atoms with E-state index in [1.807, 2.05) is 31.4 Å². The molecule has 0 aliphatic rings. The van der Waals surface area contributed by atoms with Crippen molar-refractivity contribution < 1.29 is 23.8 Å². The molecule has 0 bridgehead atoms. The molecule has 27 heavy (non-hydrogen) atoms. The van der Waals surface area contributed by atoms with Crippen molar-refractivity contribution in [2.75, 3.05) is 7.11 Å². The normalized spacial score (nSPS) is 11.8. The lowest BCUT2D eigenvalue weighted by atomic mass is 10.2. The van der Waals surface area contributed by atoms with E-state index in [1.54, 1.807) is 0 Å². The van der Waals surface area contributed by atoms with Crippen molar-refractivity contribution in [3.8, 4) is 11.5 Å². The van der Waals surface area contributed by atoms with E-state index >= 15 is 0 Å². The van der Waals surface area contributed by atoms with E-state index < -0.39 is 12.1 Å². The first-order valence-electron chi connectivity index (χ1n) is 8.37. The molecule has 1 aromatic carbocycles. The number of halogens is 1. The molecule has 0 radical (unpaired) electrons. The SMILES string of the molecule is COc1cc(C(=O)O[C@H](C)C(=O)NCc2cccs2)cc(Cl)c1OC(C)C. The highest BCUT2D eigenvalue weighted by atomic mass is 35.5. The summed E-state index contributed by atoms with van der Waals surface area (Å²) in [5, 5.41) is 4.88. The first kappa shape index (κ1) is 21.1. The van der Waals surface area contributed by atoms with Crippen LogP contribution in [-0.2, 0) is 16.1 Å². The van der Waals surface area contributed by atoms with Gasteiger partial charge in [-0.1, -0.05) is 17.7 Å². The summed E-state index contributed by atoms with van der Waals surface area (Å²) in [6.45, 7) is 5.61. The van der Waals surface area contributed by atoms with Crippen LogP contribution in [0.3, 0.4) is 0 Å². The van der Waals surface area contributed by atoms with Crippen molar-refractivity contribution in [1.82, 2.24) is 5.32 Å². The van der Waals surface area contributed by atoms with Gasteiger partial charge in [-0.2, -0.15) is 0 Å². The molecule has 146 valence electrons. The summed E-state index contributed by atoms with van der Waals surface area (Å²) in [5.41, 5.74) is 0.172. The fourth-order valence-corrected chi connectivity index (χ4v) is 3.10. The van der Waals surface area contributed by atoms with Crippen LogP contribution in [0.25, 0.3) is 0 Å². The number of hydrogen-bond donors (Lipinski definition) is 1. The smallest absolute Gasteiger partial charge is 0.339 e. The molecule has 0 unspecified atom stereocenters. The van der Waals surface area contributed by atoms with Crippen molar-refractivity contribution in [2.24, 2.45) is 0 Å². The van der Waals surface area contributed by atoms with Crippen LogP contribution in [0.1, 0.15) is 36.0 Å². The van der Waals surface area contributed by atoms with Crippen LogP contribution < -0.4 is 14.8 Å². The van der Waals surface area contributed by atoms with Crippen molar-refractivity contribution >= 4 is 34.8 Å². The van der Waals surface area contributed by atoms with Gasteiger partial charge < -0.3 is 19.5 Å². The lowest BCUT2D eigenvalue weighted by molar-refractivity contribution is -0.129. The minimum absolute atomic E-state index is 0.110. The highest BCUT2D eigenvalue weighted by Gasteiger charge is 2.22. The van der Waals surface area contributed by atoms with E-state index in [0.29, 0.717) is 18.0 Å². The first-order chi connectivity index (χ1) is 12.8. The number of amides is 1. The van der Waals surface area contributed by atoms with Crippen molar-refractivity contribution in [2.45, 2.75) is 39.5 Å². The Labute approximate surface area is 167 Å². The molecule has 1 amide bonds. The molecule has 2 rings (SSSR count). The molecule has 1 aromatic heterocycles. The maximum absolute atomic E-state index is 12.4. The van der Waals surface area contributed by atoms with Crippen LogP contribution in [-0.4, -0.2) is 31.2 Å². The summed E-state index contributed by atoms with van der Waals surface area (Å²) < 4.78 is 16.1. The molecule has 1 heterocycles. The van der Waals surface area contributed by atoms with E-state index in [0.717, 1.165) is 4.88 Å². The predicted molar refractivity (Wildman–Crippen MR) is 105 cm³/mol. The van der Waals surface area contributed by atoms with Crippen molar-refractivity contribution in [3.63, 3.8) is 0 Å². The Bertz CT molecular complexity index is 792. The van der Waals surface area contributed by atoms with Crippen molar-refractivity contribution in [3.05, 3.63) is 45.1 Å². The van der Waals surface area contributed by atoms with Crippen LogP contribution in [0.5, 0.6) is 11.5 Å². The zero-order chi connectivity index (χ0) is 20.0. The third-order valence-electron chi connectivity index (χ3n) is 3.49. The van der Waals surface area contributed by atoms with Crippen LogP contribution in [0.2, 0.25) is 5.02 Å². The average molecular weight is 412 g/mol. The maximum Gasteiger partial charge on any atom is 0.339 e. The second-order valence-corrected chi connectivity index (χ2v) is 7.44. The number of hydrogen-bond acceptors (Lipinski definition) is 6. The van der Waals surface area contributed by atoms with Gasteiger partial charge >= 0.3 is 5.97 Å². The highest BCUT2D eigenvalue weighted by Crippen LogP contribution is 2.37. The molecular weight excluding hydrogens is 390 g/mol. The Morgan fingerprint density at radius 2 is 2.00 bits per heavy atom. The van der Waals surface area contributed by atoms with E-state index in [1.165, 1.54) is 37.5 Å². The molecule has 0 saturated carbocycles. The Morgan fingerprint density at radius 3 is 2.59 bits per heavy atom. The number of carbonyl (C=O) groups excluding carboxylic acids is 2. The largest absolute Gasteiger partial charge is 0.493 e. The fourth-order valence-electron chi connectivity index (χ4n) is 2.20. The molecule has 0 aliphatic heterocycles. The van der Waals surface area contributed by atoms with Crippen molar-refractivity contribution in [1.29, 1.82) is 0 Å². The van der Waals surface area contributed by atoms with Gasteiger partial charge in [0.2, 0.25) is 0 Å². The van der Waals surface area contributed by atoms with E-state index in [2.05, 4.69) is 5.32 Å². The minimum Gasteiger partial charge on any atom is -0.493 e. The van der Waals surface area contributed by atoms with Gasteiger partial charge in [0, 0.05) is 4.88 Å². The van der Waals surface area contributed by atoms with Gasteiger partial charge in [0.15, 0.2) is 17.6 Å². The molecule has 0 aliphatic carbocycles. The third kappa shape index (κ3) is 5.87. The van der Waals surface area contributed by atoms with Gasteiger partial charge in [-0.15, -0.1) is 11.3 Å².